The van der Waals surface area contributed by atoms with Gasteiger partial charge in [-0.25, -0.2) is 4.79 Å². The van der Waals surface area contributed by atoms with E-state index < -0.39 is 22.6 Å². The zero-order valence-corrected chi connectivity index (χ0v) is 12.6. The monoisotopic (exact) mass is 285 g/mol. The molecule has 2 aliphatic rings. The lowest BCUT2D eigenvalue weighted by Gasteiger charge is -2.38. The van der Waals surface area contributed by atoms with Gasteiger partial charge in [-0.3, -0.25) is 9.69 Å². The number of likely N-dealkylation sites (tertiary alicyclic amines) is 1. The Hall–Kier alpha value is -1.30. The Labute approximate surface area is 119 Å². The van der Waals surface area contributed by atoms with E-state index in [1.54, 1.807) is 20.8 Å². The highest BCUT2D eigenvalue weighted by molar-refractivity contribution is 5.81. The van der Waals surface area contributed by atoms with Crippen molar-refractivity contribution in [3.05, 3.63) is 0 Å². The molecule has 2 rings (SSSR count). The molecule has 6 nitrogen and oxygen atoms in total. The molecule has 0 spiro atoms. The van der Waals surface area contributed by atoms with Crippen molar-refractivity contribution < 1.29 is 24.2 Å². The summed E-state index contributed by atoms with van der Waals surface area (Å²) in [6.07, 6.45) is 1.21. The number of aliphatic hydroxyl groups is 1. The first-order chi connectivity index (χ1) is 9.18. The van der Waals surface area contributed by atoms with Crippen molar-refractivity contribution in [1.29, 1.82) is 0 Å². The van der Waals surface area contributed by atoms with Crippen molar-refractivity contribution >= 4 is 12.1 Å². The second-order valence-corrected chi connectivity index (χ2v) is 6.90. The molecule has 2 atom stereocenters. The third kappa shape index (κ3) is 2.26. The quantitative estimate of drug-likeness (QED) is 0.774. The largest absolute Gasteiger partial charge is 0.469 e. The van der Waals surface area contributed by atoms with Gasteiger partial charge in [0.15, 0.2) is 0 Å². The van der Waals surface area contributed by atoms with Gasteiger partial charge in [-0.1, -0.05) is 0 Å². The second-order valence-electron chi connectivity index (χ2n) is 6.90. The lowest BCUT2D eigenvalue weighted by atomic mass is 9.87. The molecule has 6 heteroatoms. The molecule has 1 aliphatic heterocycles. The van der Waals surface area contributed by atoms with E-state index in [9.17, 15) is 14.7 Å². The molecule has 1 heterocycles. The number of rotatable bonds is 2. The number of piperidine rings is 1. The number of ether oxygens (including phenoxy) is 2. The SMILES string of the molecule is COC(=O)C12CCC(CO)(C1)N(C(=O)OC(C)(C)C)C2. The summed E-state index contributed by atoms with van der Waals surface area (Å²) in [5, 5.41) is 9.73. The fourth-order valence-electron chi connectivity index (χ4n) is 3.37. The summed E-state index contributed by atoms with van der Waals surface area (Å²) < 4.78 is 10.3. The number of carbonyl (C=O) groups is 2. The predicted molar refractivity (Wildman–Crippen MR) is 71.1 cm³/mol. The smallest absolute Gasteiger partial charge is 0.410 e. The zero-order valence-electron chi connectivity index (χ0n) is 12.6. The summed E-state index contributed by atoms with van der Waals surface area (Å²) in [5.74, 6) is -0.307. The van der Waals surface area contributed by atoms with E-state index in [0.29, 0.717) is 19.3 Å². The molecule has 20 heavy (non-hydrogen) atoms. The van der Waals surface area contributed by atoms with Gasteiger partial charge in [-0.15, -0.1) is 0 Å². The first-order valence-electron chi connectivity index (χ1n) is 6.88. The van der Waals surface area contributed by atoms with Gasteiger partial charge in [0, 0.05) is 6.54 Å². The summed E-state index contributed by atoms with van der Waals surface area (Å²) >= 11 is 0. The minimum Gasteiger partial charge on any atom is -0.469 e. The number of amides is 1. The lowest BCUT2D eigenvalue weighted by molar-refractivity contribution is -0.152. The first-order valence-corrected chi connectivity index (χ1v) is 6.88. The van der Waals surface area contributed by atoms with E-state index in [1.165, 1.54) is 12.0 Å². The van der Waals surface area contributed by atoms with Crippen molar-refractivity contribution in [2.24, 2.45) is 5.41 Å². The van der Waals surface area contributed by atoms with Crippen LogP contribution in [0.5, 0.6) is 0 Å². The molecule has 114 valence electrons. The van der Waals surface area contributed by atoms with Crippen molar-refractivity contribution in [2.75, 3.05) is 20.3 Å². The van der Waals surface area contributed by atoms with E-state index in [-0.39, 0.29) is 19.1 Å². The van der Waals surface area contributed by atoms with Gasteiger partial charge in [0.2, 0.25) is 0 Å². The maximum Gasteiger partial charge on any atom is 0.410 e. The minimum absolute atomic E-state index is 0.162. The number of hydrogen-bond acceptors (Lipinski definition) is 5. The molecule has 0 aromatic carbocycles. The van der Waals surface area contributed by atoms with E-state index in [2.05, 4.69) is 0 Å². The molecule has 1 saturated carbocycles. The van der Waals surface area contributed by atoms with E-state index in [1.807, 2.05) is 0 Å². The van der Waals surface area contributed by atoms with Crippen LogP contribution in [0, 0.1) is 5.41 Å². The molecule has 0 aromatic rings. The molecule has 1 amide bonds. The summed E-state index contributed by atoms with van der Waals surface area (Å²) in [5.41, 5.74) is -1.97. The van der Waals surface area contributed by atoms with Crippen LogP contribution in [-0.4, -0.2) is 53.5 Å². The molecule has 2 fully saturated rings. The summed E-state index contributed by atoms with van der Waals surface area (Å²) in [6.45, 7) is 5.48. The van der Waals surface area contributed by atoms with Crippen LogP contribution in [0.15, 0.2) is 0 Å². The molecule has 1 N–H and O–H groups in total. The molecule has 0 aromatic heterocycles. The number of hydrogen-bond donors (Lipinski definition) is 1. The third-order valence-corrected chi connectivity index (χ3v) is 4.30. The van der Waals surface area contributed by atoms with E-state index in [4.69, 9.17) is 9.47 Å². The third-order valence-electron chi connectivity index (χ3n) is 4.30. The van der Waals surface area contributed by atoms with Crippen LogP contribution in [0.2, 0.25) is 0 Å². The van der Waals surface area contributed by atoms with Gasteiger partial charge in [0.05, 0.1) is 24.7 Å². The molecule has 1 saturated heterocycles. The van der Waals surface area contributed by atoms with Crippen LogP contribution in [0.4, 0.5) is 4.79 Å². The molecular weight excluding hydrogens is 262 g/mol. The molecule has 0 radical (unpaired) electrons. The highest BCUT2D eigenvalue weighted by Gasteiger charge is 2.64. The Morgan fingerprint density at radius 2 is 1.95 bits per heavy atom. The maximum absolute atomic E-state index is 12.3. The van der Waals surface area contributed by atoms with Crippen LogP contribution in [0.1, 0.15) is 40.0 Å². The Kier molecular flexibility index (Phi) is 3.48. The molecule has 1 aliphatic carbocycles. The van der Waals surface area contributed by atoms with Gasteiger partial charge in [-0.05, 0) is 40.0 Å². The van der Waals surface area contributed by atoms with Crippen LogP contribution in [-0.2, 0) is 14.3 Å². The second kappa shape index (κ2) is 4.62. The average Bonchev–Trinajstić information content (AvgIpc) is 2.91. The average molecular weight is 285 g/mol. The zero-order chi connectivity index (χ0) is 15.2. The standard InChI is InChI=1S/C14H23NO5/c1-12(2,3)20-11(18)15-8-13(10(17)19-4)5-6-14(15,7-13)9-16/h16H,5-9H2,1-4H3. The fourth-order valence-corrected chi connectivity index (χ4v) is 3.37. The number of aliphatic hydroxyl groups excluding tert-OH is 1. The van der Waals surface area contributed by atoms with Crippen molar-refractivity contribution in [2.45, 2.75) is 51.2 Å². The number of nitrogens with zero attached hydrogens (tertiary/aromatic N) is 1. The Morgan fingerprint density at radius 1 is 1.30 bits per heavy atom. The topological polar surface area (TPSA) is 76.1 Å². The van der Waals surface area contributed by atoms with E-state index in [0.717, 1.165) is 0 Å². The molecule has 2 bridgehead atoms. The molecule has 2 unspecified atom stereocenters. The Balaban J connectivity index is 2.23. The van der Waals surface area contributed by atoms with Crippen molar-refractivity contribution in [3.8, 4) is 0 Å². The van der Waals surface area contributed by atoms with Crippen LogP contribution >= 0.6 is 0 Å². The van der Waals surface area contributed by atoms with Gasteiger partial charge in [-0.2, -0.15) is 0 Å². The maximum atomic E-state index is 12.3. The van der Waals surface area contributed by atoms with Gasteiger partial charge >= 0.3 is 12.1 Å². The van der Waals surface area contributed by atoms with E-state index >= 15 is 0 Å². The summed E-state index contributed by atoms with van der Waals surface area (Å²) in [4.78, 5) is 25.8. The predicted octanol–water partition coefficient (Wildman–Crippen LogP) is 1.31. The summed E-state index contributed by atoms with van der Waals surface area (Å²) in [7, 11) is 1.35. The number of methoxy groups -OCH3 is 1. The van der Waals surface area contributed by atoms with Crippen molar-refractivity contribution in [3.63, 3.8) is 0 Å². The normalized spacial score (nSPS) is 32.4. The number of fused-ring (bicyclic) bond motifs is 2. The number of carbonyl (C=O) groups excluding carboxylic acids is 2. The van der Waals surface area contributed by atoms with Crippen molar-refractivity contribution in [1.82, 2.24) is 4.90 Å². The van der Waals surface area contributed by atoms with Crippen LogP contribution in [0.3, 0.4) is 0 Å². The van der Waals surface area contributed by atoms with Gasteiger partial charge in [0.25, 0.3) is 0 Å². The van der Waals surface area contributed by atoms with Gasteiger partial charge < -0.3 is 14.6 Å². The van der Waals surface area contributed by atoms with Crippen LogP contribution < -0.4 is 0 Å². The lowest BCUT2D eigenvalue weighted by Crippen LogP contribution is -2.53. The first kappa shape index (κ1) is 15.1. The summed E-state index contributed by atoms with van der Waals surface area (Å²) in [6, 6.07) is 0. The number of esters is 1. The van der Waals surface area contributed by atoms with Gasteiger partial charge in [0.1, 0.15) is 5.60 Å². The highest BCUT2D eigenvalue weighted by Crippen LogP contribution is 2.55. The van der Waals surface area contributed by atoms with Crippen LogP contribution in [0.25, 0.3) is 0 Å². The Morgan fingerprint density at radius 3 is 2.45 bits per heavy atom. The highest BCUT2D eigenvalue weighted by atomic mass is 16.6. The Bertz CT molecular complexity index is 430. The fraction of sp³-hybridized carbons (Fsp3) is 0.857. The molecular formula is C14H23NO5. The minimum atomic E-state index is -0.686.